The van der Waals surface area contributed by atoms with Crippen molar-refractivity contribution in [2.45, 2.75) is 33.2 Å². The number of nitrogens with zero attached hydrogens (tertiary/aromatic N) is 2. The Morgan fingerprint density at radius 1 is 1.33 bits per heavy atom. The van der Waals surface area contributed by atoms with Crippen LogP contribution in [0.2, 0.25) is 0 Å². The van der Waals surface area contributed by atoms with Crippen molar-refractivity contribution in [3.8, 4) is 5.75 Å². The third-order valence-electron chi connectivity index (χ3n) is 3.08. The highest BCUT2D eigenvalue weighted by Crippen LogP contribution is 2.13. The standard InChI is InChI=1S/C16H27N3O.HI/c1-5-7-11-19(4)16(17-3)18-13-14-9-8-10-15(12-14)20-6-2;/h8-10,12H,5-7,11,13H2,1-4H3,(H,17,18);1H. The number of hydrogen-bond donors (Lipinski definition) is 1. The summed E-state index contributed by atoms with van der Waals surface area (Å²) in [5.41, 5.74) is 1.20. The average Bonchev–Trinajstić information content (AvgIpc) is 2.46. The minimum atomic E-state index is 0. The summed E-state index contributed by atoms with van der Waals surface area (Å²) in [4.78, 5) is 6.48. The van der Waals surface area contributed by atoms with E-state index in [0.717, 1.165) is 24.8 Å². The predicted octanol–water partition coefficient (Wildman–Crippen LogP) is 3.51. The van der Waals surface area contributed by atoms with Crippen LogP contribution in [0.5, 0.6) is 5.75 Å². The SMILES string of the molecule is CCCCN(C)C(=NC)NCc1cccc(OCC)c1.I. The van der Waals surface area contributed by atoms with Crippen LogP contribution in [0.1, 0.15) is 32.3 Å². The summed E-state index contributed by atoms with van der Waals surface area (Å²) >= 11 is 0. The lowest BCUT2D eigenvalue weighted by Crippen LogP contribution is -2.38. The molecule has 5 heteroatoms. The third kappa shape index (κ3) is 7.55. The van der Waals surface area contributed by atoms with E-state index < -0.39 is 0 Å². The number of nitrogens with one attached hydrogen (secondary N) is 1. The van der Waals surface area contributed by atoms with Gasteiger partial charge in [-0.25, -0.2) is 0 Å². The monoisotopic (exact) mass is 405 g/mol. The van der Waals surface area contributed by atoms with Gasteiger partial charge in [-0.15, -0.1) is 24.0 Å². The van der Waals surface area contributed by atoms with E-state index in [4.69, 9.17) is 4.74 Å². The fourth-order valence-corrected chi connectivity index (χ4v) is 1.98. The maximum Gasteiger partial charge on any atom is 0.193 e. The molecular formula is C16H28IN3O. The Morgan fingerprint density at radius 3 is 2.71 bits per heavy atom. The van der Waals surface area contributed by atoms with Crippen LogP contribution in [0.25, 0.3) is 0 Å². The van der Waals surface area contributed by atoms with Crippen molar-refractivity contribution in [3.63, 3.8) is 0 Å². The van der Waals surface area contributed by atoms with E-state index in [-0.39, 0.29) is 24.0 Å². The van der Waals surface area contributed by atoms with Crippen molar-refractivity contribution in [2.24, 2.45) is 4.99 Å². The Kier molecular flexibility index (Phi) is 11.1. The molecule has 1 rings (SSSR count). The van der Waals surface area contributed by atoms with E-state index in [1.54, 1.807) is 0 Å². The summed E-state index contributed by atoms with van der Waals surface area (Å²) in [5.74, 6) is 1.85. The smallest absolute Gasteiger partial charge is 0.193 e. The molecular weight excluding hydrogens is 377 g/mol. The molecule has 0 heterocycles. The molecule has 1 N–H and O–H groups in total. The van der Waals surface area contributed by atoms with Crippen molar-refractivity contribution in [1.29, 1.82) is 0 Å². The van der Waals surface area contributed by atoms with Crippen LogP contribution in [0.4, 0.5) is 0 Å². The van der Waals surface area contributed by atoms with Crippen LogP contribution in [-0.2, 0) is 6.54 Å². The molecule has 4 nitrogen and oxygen atoms in total. The van der Waals surface area contributed by atoms with Gasteiger partial charge in [0.25, 0.3) is 0 Å². The molecule has 0 aliphatic rings. The lowest BCUT2D eigenvalue weighted by molar-refractivity contribution is 0.340. The summed E-state index contributed by atoms with van der Waals surface area (Å²) < 4.78 is 5.51. The number of hydrogen-bond acceptors (Lipinski definition) is 2. The van der Waals surface area contributed by atoms with Crippen LogP contribution in [0.3, 0.4) is 0 Å². The van der Waals surface area contributed by atoms with E-state index in [0.29, 0.717) is 6.61 Å². The Bertz CT molecular complexity index is 424. The Balaban J connectivity index is 0.00000400. The summed E-state index contributed by atoms with van der Waals surface area (Å²) in [5, 5.41) is 3.38. The van der Waals surface area contributed by atoms with Crippen LogP contribution in [-0.4, -0.2) is 38.1 Å². The van der Waals surface area contributed by atoms with Gasteiger partial charge in [-0.1, -0.05) is 25.5 Å². The zero-order valence-corrected chi connectivity index (χ0v) is 15.9. The molecule has 0 aliphatic heterocycles. The number of halogens is 1. The largest absolute Gasteiger partial charge is 0.494 e. The zero-order chi connectivity index (χ0) is 14.8. The Morgan fingerprint density at radius 2 is 2.10 bits per heavy atom. The van der Waals surface area contributed by atoms with Gasteiger partial charge in [0.1, 0.15) is 5.75 Å². The van der Waals surface area contributed by atoms with Gasteiger partial charge in [-0.2, -0.15) is 0 Å². The van der Waals surface area contributed by atoms with Crippen molar-refractivity contribution in [2.75, 3.05) is 27.2 Å². The Hall–Kier alpha value is -0.980. The summed E-state index contributed by atoms with van der Waals surface area (Å²) in [7, 11) is 3.89. The molecule has 0 radical (unpaired) electrons. The summed E-state index contributed by atoms with van der Waals surface area (Å²) in [6.45, 7) is 6.66. The van der Waals surface area contributed by atoms with Gasteiger partial charge in [-0.05, 0) is 31.0 Å². The van der Waals surface area contributed by atoms with Gasteiger partial charge in [0.15, 0.2) is 5.96 Å². The second-order valence-corrected chi connectivity index (χ2v) is 4.76. The molecule has 21 heavy (non-hydrogen) atoms. The molecule has 1 aromatic carbocycles. The summed E-state index contributed by atoms with van der Waals surface area (Å²) in [6, 6.07) is 8.16. The highest BCUT2D eigenvalue weighted by molar-refractivity contribution is 14.0. The molecule has 0 saturated carbocycles. The van der Waals surface area contributed by atoms with E-state index in [2.05, 4.69) is 41.3 Å². The van der Waals surface area contributed by atoms with E-state index in [9.17, 15) is 0 Å². The predicted molar refractivity (Wildman–Crippen MR) is 101 cm³/mol. The van der Waals surface area contributed by atoms with Crippen molar-refractivity contribution < 1.29 is 4.74 Å². The number of ether oxygens (including phenoxy) is 1. The zero-order valence-electron chi connectivity index (χ0n) is 13.6. The minimum Gasteiger partial charge on any atom is -0.494 e. The second-order valence-electron chi connectivity index (χ2n) is 4.76. The van der Waals surface area contributed by atoms with Crippen molar-refractivity contribution >= 4 is 29.9 Å². The fourth-order valence-electron chi connectivity index (χ4n) is 1.98. The molecule has 0 amide bonds. The first-order valence-electron chi connectivity index (χ1n) is 7.34. The number of guanidine groups is 1. The van der Waals surface area contributed by atoms with Crippen LogP contribution in [0, 0.1) is 0 Å². The normalized spacial score (nSPS) is 10.8. The van der Waals surface area contributed by atoms with Gasteiger partial charge in [0, 0.05) is 27.2 Å². The maximum atomic E-state index is 5.51. The van der Waals surface area contributed by atoms with Crippen LogP contribution >= 0.6 is 24.0 Å². The van der Waals surface area contributed by atoms with E-state index in [1.807, 2.05) is 26.1 Å². The molecule has 1 aromatic rings. The third-order valence-corrected chi connectivity index (χ3v) is 3.08. The Labute approximate surface area is 146 Å². The first kappa shape index (κ1) is 20.0. The molecule has 120 valence electrons. The maximum absolute atomic E-state index is 5.51. The molecule has 0 spiro atoms. The minimum absolute atomic E-state index is 0. The lowest BCUT2D eigenvalue weighted by Gasteiger charge is -2.22. The average molecular weight is 405 g/mol. The first-order chi connectivity index (χ1) is 9.71. The van der Waals surface area contributed by atoms with Gasteiger partial charge in [-0.3, -0.25) is 4.99 Å². The van der Waals surface area contributed by atoms with Gasteiger partial charge < -0.3 is 15.0 Å². The molecule has 0 aromatic heterocycles. The molecule has 0 saturated heterocycles. The van der Waals surface area contributed by atoms with Gasteiger partial charge >= 0.3 is 0 Å². The van der Waals surface area contributed by atoms with E-state index >= 15 is 0 Å². The number of rotatable bonds is 7. The van der Waals surface area contributed by atoms with Crippen molar-refractivity contribution in [1.82, 2.24) is 10.2 Å². The first-order valence-corrected chi connectivity index (χ1v) is 7.34. The molecule has 0 unspecified atom stereocenters. The quantitative estimate of drug-likeness (QED) is 0.429. The highest BCUT2D eigenvalue weighted by Gasteiger charge is 2.05. The molecule has 0 bridgehead atoms. The van der Waals surface area contributed by atoms with Crippen LogP contribution in [0.15, 0.2) is 29.3 Å². The van der Waals surface area contributed by atoms with E-state index in [1.165, 1.54) is 18.4 Å². The number of benzene rings is 1. The molecule has 0 atom stereocenters. The lowest BCUT2D eigenvalue weighted by atomic mass is 10.2. The molecule has 0 fully saturated rings. The number of aliphatic imine (C=N–C) groups is 1. The highest BCUT2D eigenvalue weighted by atomic mass is 127. The van der Waals surface area contributed by atoms with Gasteiger partial charge in [0.05, 0.1) is 6.61 Å². The van der Waals surface area contributed by atoms with Crippen LogP contribution < -0.4 is 10.1 Å². The second kappa shape index (κ2) is 11.7. The van der Waals surface area contributed by atoms with Gasteiger partial charge in [0.2, 0.25) is 0 Å². The summed E-state index contributed by atoms with van der Waals surface area (Å²) in [6.07, 6.45) is 2.37. The fraction of sp³-hybridized carbons (Fsp3) is 0.562. The molecule has 0 aliphatic carbocycles. The van der Waals surface area contributed by atoms with Crippen molar-refractivity contribution in [3.05, 3.63) is 29.8 Å². The topological polar surface area (TPSA) is 36.9 Å². The number of unbranched alkanes of at least 4 members (excludes halogenated alkanes) is 1.